The lowest BCUT2D eigenvalue weighted by atomic mass is 9.92. The highest BCUT2D eigenvalue weighted by Crippen LogP contribution is 2.32. The van der Waals surface area contributed by atoms with Gasteiger partial charge in [0.15, 0.2) is 6.61 Å². The molecule has 1 heterocycles. The molecule has 8 heteroatoms. The van der Waals surface area contributed by atoms with Crippen LogP contribution in [0.25, 0.3) is 0 Å². The summed E-state index contributed by atoms with van der Waals surface area (Å²) in [7, 11) is -2.09. The van der Waals surface area contributed by atoms with Crippen LogP contribution in [0.15, 0.2) is 64.2 Å². The van der Waals surface area contributed by atoms with Crippen molar-refractivity contribution < 1.29 is 17.9 Å². The Balaban J connectivity index is 1.66. The Labute approximate surface area is 200 Å². The van der Waals surface area contributed by atoms with Gasteiger partial charge < -0.3 is 10.1 Å². The number of para-hydroxylation sites is 1. The van der Waals surface area contributed by atoms with Crippen LogP contribution in [0.2, 0.25) is 0 Å². The molecule has 0 spiro atoms. The number of nitrogens with one attached hydrogen (secondary N) is 1. The van der Waals surface area contributed by atoms with Crippen molar-refractivity contribution in [2.75, 3.05) is 23.3 Å². The van der Waals surface area contributed by atoms with Gasteiger partial charge in [0, 0.05) is 12.7 Å². The maximum absolute atomic E-state index is 12.7. The minimum Gasteiger partial charge on any atom is -0.484 e. The monoisotopic (exact) mass is 486 g/mol. The number of carbonyl (C=O) groups is 1. The van der Waals surface area contributed by atoms with Crippen molar-refractivity contribution in [2.24, 2.45) is 0 Å². The molecule has 176 valence electrons. The lowest BCUT2D eigenvalue weighted by molar-refractivity contribution is -0.118. The van der Waals surface area contributed by atoms with Gasteiger partial charge in [-0.1, -0.05) is 52.0 Å². The SMILES string of the molecule is CC(C)c1cccc(C(C)C)c1NC(=O)COc1ccc(N(C)S(=O)(=O)c2cccs2)cc1. The standard InChI is InChI=1S/C25H30N2O4S2/c1-17(2)21-8-6-9-22(18(3)4)25(21)26-23(28)16-31-20-13-11-19(12-14-20)27(5)33(29,30)24-10-7-15-32-24/h6-15,17-18H,16H2,1-5H3,(H,26,28). The van der Waals surface area contributed by atoms with E-state index in [9.17, 15) is 13.2 Å². The number of hydrogen-bond acceptors (Lipinski definition) is 5. The van der Waals surface area contributed by atoms with Crippen molar-refractivity contribution in [1.82, 2.24) is 0 Å². The second kappa shape index (κ2) is 10.4. The number of anilines is 2. The zero-order chi connectivity index (χ0) is 24.2. The topological polar surface area (TPSA) is 75.7 Å². The number of hydrogen-bond donors (Lipinski definition) is 1. The first kappa shape index (κ1) is 24.8. The number of carbonyl (C=O) groups excluding carboxylic acids is 1. The lowest BCUT2D eigenvalue weighted by Gasteiger charge is -2.20. The molecule has 0 aliphatic rings. The summed E-state index contributed by atoms with van der Waals surface area (Å²) in [6, 6.07) is 16.0. The van der Waals surface area contributed by atoms with Crippen molar-refractivity contribution >= 4 is 38.6 Å². The Morgan fingerprint density at radius 1 is 0.970 bits per heavy atom. The van der Waals surface area contributed by atoms with Gasteiger partial charge in [-0.2, -0.15) is 0 Å². The van der Waals surface area contributed by atoms with E-state index in [1.165, 1.54) is 22.7 Å². The molecule has 0 aliphatic heterocycles. The summed E-state index contributed by atoms with van der Waals surface area (Å²) in [4.78, 5) is 12.7. The summed E-state index contributed by atoms with van der Waals surface area (Å²) in [5.74, 6) is 0.785. The summed E-state index contributed by atoms with van der Waals surface area (Å²) in [5.41, 5.74) is 3.54. The molecule has 0 aliphatic carbocycles. The fourth-order valence-corrected chi connectivity index (χ4v) is 5.81. The number of ether oxygens (including phenoxy) is 1. The highest BCUT2D eigenvalue weighted by molar-refractivity contribution is 7.94. The Morgan fingerprint density at radius 2 is 1.58 bits per heavy atom. The Morgan fingerprint density at radius 3 is 2.09 bits per heavy atom. The van der Waals surface area contributed by atoms with Crippen LogP contribution in [0.1, 0.15) is 50.7 Å². The number of nitrogens with zero attached hydrogens (tertiary/aromatic N) is 1. The van der Waals surface area contributed by atoms with Crippen molar-refractivity contribution in [3.05, 3.63) is 71.1 Å². The van der Waals surface area contributed by atoms with Gasteiger partial charge in [-0.15, -0.1) is 11.3 Å². The second-order valence-electron chi connectivity index (χ2n) is 8.36. The Bertz CT molecular complexity index is 1160. The molecule has 0 atom stereocenters. The molecule has 0 saturated heterocycles. The van der Waals surface area contributed by atoms with Crippen LogP contribution in [-0.4, -0.2) is 28.0 Å². The summed E-state index contributed by atoms with van der Waals surface area (Å²) in [6.45, 7) is 8.25. The van der Waals surface area contributed by atoms with Gasteiger partial charge in [-0.25, -0.2) is 8.42 Å². The van der Waals surface area contributed by atoms with Gasteiger partial charge in [0.1, 0.15) is 9.96 Å². The lowest BCUT2D eigenvalue weighted by Crippen LogP contribution is -2.25. The van der Waals surface area contributed by atoms with E-state index in [2.05, 4.69) is 33.0 Å². The first-order valence-electron chi connectivity index (χ1n) is 10.8. The number of benzene rings is 2. The van der Waals surface area contributed by atoms with Gasteiger partial charge in [0.2, 0.25) is 0 Å². The Kier molecular flexibility index (Phi) is 7.81. The molecule has 1 aromatic heterocycles. The third-order valence-corrected chi connectivity index (χ3v) is 8.48. The van der Waals surface area contributed by atoms with Crippen molar-refractivity contribution in [3.8, 4) is 5.75 Å². The highest BCUT2D eigenvalue weighted by atomic mass is 32.2. The van der Waals surface area contributed by atoms with Crippen molar-refractivity contribution in [1.29, 1.82) is 0 Å². The number of sulfonamides is 1. The minimum atomic E-state index is -3.60. The summed E-state index contributed by atoms with van der Waals surface area (Å²) in [6.07, 6.45) is 0. The maximum atomic E-state index is 12.7. The molecule has 0 bridgehead atoms. The molecular formula is C25H30N2O4S2. The summed E-state index contributed by atoms with van der Waals surface area (Å²) in [5, 5.41) is 4.76. The van der Waals surface area contributed by atoms with Crippen LogP contribution in [0.4, 0.5) is 11.4 Å². The van der Waals surface area contributed by atoms with E-state index in [0.717, 1.165) is 16.8 Å². The van der Waals surface area contributed by atoms with E-state index in [-0.39, 0.29) is 28.6 Å². The Hall–Kier alpha value is -2.84. The van der Waals surface area contributed by atoms with Crippen LogP contribution >= 0.6 is 11.3 Å². The molecule has 6 nitrogen and oxygen atoms in total. The maximum Gasteiger partial charge on any atom is 0.273 e. The quantitative estimate of drug-likeness (QED) is 0.412. The minimum absolute atomic E-state index is 0.146. The van der Waals surface area contributed by atoms with Crippen LogP contribution in [0.3, 0.4) is 0 Å². The van der Waals surface area contributed by atoms with Crippen LogP contribution < -0.4 is 14.4 Å². The van der Waals surface area contributed by atoms with E-state index >= 15 is 0 Å². The number of thiophene rings is 1. The number of rotatable bonds is 9. The summed E-state index contributed by atoms with van der Waals surface area (Å²) >= 11 is 1.17. The fourth-order valence-electron chi connectivity index (χ4n) is 3.46. The average Bonchev–Trinajstić information content (AvgIpc) is 3.33. The van der Waals surface area contributed by atoms with E-state index in [1.54, 1.807) is 41.8 Å². The van der Waals surface area contributed by atoms with E-state index in [1.807, 2.05) is 18.2 Å². The van der Waals surface area contributed by atoms with Gasteiger partial charge in [0.25, 0.3) is 15.9 Å². The molecule has 2 aromatic carbocycles. The van der Waals surface area contributed by atoms with Crippen LogP contribution in [0.5, 0.6) is 5.75 Å². The largest absolute Gasteiger partial charge is 0.484 e. The van der Waals surface area contributed by atoms with Crippen LogP contribution in [-0.2, 0) is 14.8 Å². The van der Waals surface area contributed by atoms with Gasteiger partial charge >= 0.3 is 0 Å². The molecule has 3 aromatic rings. The van der Waals surface area contributed by atoms with E-state index in [0.29, 0.717) is 11.4 Å². The highest BCUT2D eigenvalue weighted by Gasteiger charge is 2.22. The molecular weight excluding hydrogens is 456 g/mol. The van der Waals surface area contributed by atoms with E-state index in [4.69, 9.17) is 4.74 Å². The zero-order valence-electron chi connectivity index (χ0n) is 19.5. The average molecular weight is 487 g/mol. The van der Waals surface area contributed by atoms with Gasteiger partial charge in [0.05, 0.1) is 5.69 Å². The molecule has 33 heavy (non-hydrogen) atoms. The van der Waals surface area contributed by atoms with E-state index < -0.39 is 10.0 Å². The predicted molar refractivity (Wildman–Crippen MR) is 135 cm³/mol. The molecule has 0 unspecified atom stereocenters. The van der Waals surface area contributed by atoms with Crippen molar-refractivity contribution in [2.45, 2.75) is 43.7 Å². The normalized spacial score (nSPS) is 11.6. The summed E-state index contributed by atoms with van der Waals surface area (Å²) < 4.78 is 32.5. The third-order valence-electron chi connectivity index (χ3n) is 5.32. The molecule has 3 rings (SSSR count). The van der Waals surface area contributed by atoms with Gasteiger partial charge in [-0.3, -0.25) is 9.10 Å². The third kappa shape index (κ3) is 5.75. The molecule has 0 fully saturated rings. The first-order valence-corrected chi connectivity index (χ1v) is 13.1. The zero-order valence-corrected chi connectivity index (χ0v) is 21.2. The number of amides is 1. The molecule has 1 amide bonds. The first-order chi connectivity index (χ1) is 15.6. The van der Waals surface area contributed by atoms with Crippen molar-refractivity contribution in [3.63, 3.8) is 0 Å². The molecule has 0 saturated carbocycles. The smallest absolute Gasteiger partial charge is 0.273 e. The molecule has 1 N–H and O–H groups in total. The predicted octanol–water partition coefficient (Wildman–Crippen LogP) is 5.84. The fraction of sp³-hybridized carbons (Fsp3) is 0.320. The van der Waals surface area contributed by atoms with Crippen LogP contribution in [0, 0.1) is 0 Å². The second-order valence-corrected chi connectivity index (χ2v) is 11.5. The van der Waals surface area contributed by atoms with Gasteiger partial charge in [-0.05, 0) is 58.7 Å². The molecule has 0 radical (unpaired) electrons.